The smallest absolute Gasteiger partial charge is 0.338 e. The fourth-order valence-corrected chi connectivity index (χ4v) is 0.967. The van der Waals surface area contributed by atoms with Gasteiger partial charge in [-0.05, 0) is 13.0 Å². The standard InChI is InChI=1S/C10H11FN2O2/c1-6(2)5-13-9-8(11)7(10(14)15)3-4-12-9/h3-4H,1,5H2,2H3,(H,12,13)(H,14,15). The Hall–Kier alpha value is -1.91. The maximum absolute atomic E-state index is 13.4. The second-order valence-corrected chi connectivity index (χ2v) is 3.14. The third-order valence-corrected chi connectivity index (χ3v) is 1.68. The molecule has 0 aliphatic heterocycles. The van der Waals surface area contributed by atoms with E-state index in [1.54, 1.807) is 6.92 Å². The number of hydrogen-bond donors (Lipinski definition) is 2. The second-order valence-electron chi connectivity index (χ2n) is 3.14. The van der Waals surface area contributed by atoms with Gasteiger partial charge in [0.15, 0.2) is 11.6 Å². The van der Waals surface area contributed by atoms with Crippen molar-refractivity contribution in [1.29, 1.82) is 0 Å². The van der Waals surface area contributed by atoms with Gasteiger partial charge in [0.05, 0.1) is 0 Å². The molecule has 0 spiro atoms. The number of nitrogens with one attached hydrogen (secondary N) is 1. The van der Waals surface area contributed by atoms with E-state index >= 15 is 0 Å². The van der Waals surface area contributed by atoms with Gasteiger partial charge in [-0.1, -0.05) is 12.2 Å². The maximum Gasteiger partial charge on any atom is 0.338 e. The number of rotatable bonds is 4. The average molecular weight is 210 g/mol. The molecule has 0 bridgehead atoms. The Kier molecular flexibility index (Phi) is 3.38. The van der Waals surface area contributed by atoms with E-state index in [1.165, 1.54) is 6.20 Å². The lowest BCUT2D eigenvalue weighted by molar-refractivity contribution is 0.0692. The molecular weight excluding hydrogens is 199 g/mol. The van der Waals surface area contributed by atoms with E-state index in [-0.39, 0.29) is 5.82 Å². The van der Waals surface area contributed by atoms with Crippen molar-refractivity contribution in [2.75, 3.05) is 11.9 Å². The molecule has 80 valence electrons. The fraction of sp³-hybridized carbons (Fsp3) is 0.200. The molecule has 2 N–H and O–H groups in total. The van der Waals surface area contributed by atoms with Crippen molar-refractivity contribution in [2.45, 2.75) is 6.92 Å². The highest BCUT2D eigenvalue weighted by Crippen LogP contribution is 2.14. The lowest BCUT2D eigenvalue weighted by Gasteiger charge is -2.07. The number of carboxylic acids is 1. The van der Waals surface area contributed by atoms with E-state index in [1.807, 2.05) is 0 Å². The molecule has 0 saturated carbocycles. The number of nitrogens with zero attached hydrogens (tertiary/aromatic N) is 1. The monoisotopic (exact) mass is 210 g/mol. The first-order valence-electron chi connectivity index (χ1n) is 4.28. The van der Waals surface area contributed by atoms with Crippen LogP contribution < -0.4 is 5.32 Å². The number of pyridine rings is 1. The summed E-state index contributed by atoms with van der Waals surface area (Å²) in [4.78, 5) is 14.3. The minimum atomic E-state index is -1.31. The summed E-state index contributed by atoms with van der Waals surface area (Å²) in [6.45, 7) is 5.75. The minimum Gasteiger partial charge on any atom is -0.478 e. The van der Waals surface area contributed by atoms with Crippen molar-refractivity contribution in [3.05, 3.63) is 35.8 Å². The normalized spacial score (nSPS) is 9.73. The lowest BCUT2D eigenvalue weighted by atomic mass is 10.2. The van der Waals surface area contributed by atoms with E-state index in [2.05, 4.69) is 16.9 Å². The van der Waals surface area contributed by atoms with Crippen molar-refractivity contribution in [1.82, 2.24) is 4.98 Å². The summed E-state index contributed by atoms with van der Waals surface area (Å²) in [6.07, 6.45) is 1.24. The first kappa shape index (κ1) is 11.2. The molecule has 1 aromatic heterocycles. The van der Waals surface area contributed by atoms with Gasteiger partial charge in [-0.2, -0.15) is 0 Å². The number of halogens is 1. The molecule has 1 aromatic rings. The summed E-state index contributed by atoms with van der Waals surface area (Å²) in [6, 6.07) is 1.11. The van der Waals surface area contributed by atoms with Gasteiger partial charge in [-0.15, -0.1) is 0 Å². The molecule has 0 fully saturated rings. The van der Waals surface area contributed by atoms with Gasteiger partial charge in [0.2, 0.25) is 0 Å². The molecule has 0 atom stereocenters. The van der Waals surface area contributed by atoms with Crippen LogP contribution in [-0.2, 0) is 0 Å². The molecular formula is C10H11FN2O2. The highest BCUT2D eigenvalue weighted by atomic mass is 19.1. The first-order valence-corrected chi connectivity index (χ1v) is 4.28. The van der Waals surface area contributed by atoms with E-state index < -0.39 is 17.3 Å². The number of carbonyl (C=O) groups is 1. The van der Waals surface area contributed by atoms with Crippen LogP contribution >= 0.6 is 0 Å². The molecule has 1 heterocycles. The minimum absolute atomic E-state index is 0.0714. The SMILES string of the molecule is C=C(C)CNc1nccc(C(=O)O)c1F. The van der Waals surface area contributed by atoms with Crippen LogP contribution in [0, 0.1) is 5.82 Å². The highest BCUT2D eigenvalue weighted by molar-refractivity contribution is 5.88. The molecule has 4 nitrogen and oxygen atoms in total. The number of hydrogen-bond acceptors (Lipinski definition) is 3. The zero-order valence-corrected chi connectivity index (χ0v) is 8.25. The summed E-state index contributed by atoms with van der Waals surface area (Å²) < 4.78 is 13.4. The van der Waals surface area contributed by atoms with Crippen LogP contribution in [0.25, 0.3) is 0 Å². The Balaban J connectivity index is 2.94. The molecule has 0 radical (unpaired) electrons. The molecule has 0 saturated heterocycles. The first-order chi connectivity index (χ1) is 7.02. The van der Waals surface area contributed by atoms with E-state index in [9.17, 15) is 9.18 Å². The average Bonchev–Trinajstić information content (AvgIpc) is 2.15. The maximum atomic E-state index is 13.4. The van der Waals surface area contributed by atoms with E-state index in [0.29, 0.717) is 6.54 Å². The quantitative estimate of drug-likeness (QED) is 0.745. The topological polar surface area (TPSA) is 62.2 Å². The van der Waals surface area contributed by atoms with Crippen molar-refractivity contribution < 1.29 is 14.3 Å². The van der Waals surface area contributed by atoms with Gasteiger partial charge in [-0.3, -0.25) is 0 Å². The van der Waals surface area contributed by atoms with Crippen LogP contribution in [0.15, 0.2) is 24.4 Å². The Morgan fingerprint density at radius 1 is 1.73 bits per heavy atom. The van der Waals surface area contributed by atoms with Crippen LogP contribution in [-0.4, -0.2) is 22.6 Å². The van der Waals surface area contributed by atoms with Crippen LogP contribution in [0.5, 0.6) is 0 Å². The largest absolute Gasteiger partial charge is 0.478 e. The van der Waals surface area contributed by atoms with Crippen molar-refractivity contribution in [3.63, 3.8) is 0 Å². The fourth-order valence-electron chi connectivity index (χ4n) is 0.967. The molecule has 1 rings (SSSR count). The van der Waals surface area contributed by atoms with Gasteiger partial charge in [-0.25, -0.2) is 14.2 Å². The lowest BCUT2D eigenvalue weighted by Crippen LogP contribution is -2.09. The summed E-state index contributed by atoms with van der Waals surface area (Å²) in [5.74, 6) is -2.24. The predicted octanol–water partition coefficient (Wildman–Crippen LogP) is 1.91. The summed E-state index contributed by atoms with van der Waals surface area (Å²) in [5, 5.41) is 11.3. The molecule has 0 amide bonds. The zero-order chi connectivity index (χ0) is 11.4. The third kappa shape index (κ3) is 2.77. The molecule has 5 heteroatoms. The van der Waals surface area contributed by atoms with Gasteiger partial charge in [0, 0.05) is 12.7 Å². The Labute approximate surface area is 86.5 Å². The zero-order valence-electron chi connectivity index (χ0n) is 8.25. The summed E-state index contributed by atoms with van der Waals surface area (Å²) >= 11 is 0. The number of anilines is 1. The molecule has 15 heavy (non-hydrogen) atoms. The number of carboxylic acid groups (broad SMARTS) is 1. The van der Waals surface area contributed by atoms with Gasteiger partial charge < -0.3 is 10.4 Å². The Bertz CT molecular complexity index is 404. The predicted molar refractivity (Wildman–Crippen MR) is 54.5 cm³/mol. The Morgan fingerprint density at radius 2 is 2.40 bits per heavy atom. The number of aromatic carboxylic acids is 1. The third-order valence-electron chi connectivity index (χ3n) is 1.68. The summed E-state index contributed by atoms with van der Waals surface area (Å²) in [5.41, 5.74) is 0.408. The van der Waals surface area contributed by atoms with Crippen molar-refractivity contribution in [3.8, 4) is 0 Å². The van der Waals surface area contributed by atoms with Crippen LogP contribution in [0.4, 0.5) is 10.2 Å². The van der Waals surface area contributed by atoms with Crippen LogP contribution in [0.2, 0.25) is 0 Å². The molecule has 0 aromatic carbocycles. The van der Waals surface area contributed by atoms with E-state index in [4.69, 9.17) is 5.11 Å². The Morgan fingerprint density at radius 3 is 2.93 bits per heavy atom. The second kappa shape index (κ2) is 4.54. The van der Waals surface area contributed by atoms with Crippen LogP contribution in [0.3, 0.4) is 0 Å². The van der Waals surface area contributed by atoms with Crippen molar-refractivity contribution in [2.24, 2.45) is 0 Å². The van der Waals surface area contributed by atoms with Gasteiger partial charge in [0.25, 0.3) is 0 Å². The van der Waals surface area contributed by atoms with Gasteiger partial charge >= 0.3 is 5.97 Å². The van der Waals surface area contributed by atoms with Gasteiger partial charge in [0.1, 0.15) is 5.56 Å². The van der Waals surface area contributed by atoms with E-state index in [0.717, 1.165) is 11.6 Å². The number of aromatic nitrogens is 1. The van der Waals surface area contributed by atoms with Crippen LogP contribution in [0.1, 0.15) is 17.3 Å². The molecule has 0 aliphatic rings. The molecule has 0 unspecified atom stereocenters. The van der Waals surface area contributed by atoms with Crippen molar-refractivity contribution >= 4 is 11.8 Å². The highest BCUT2D eigenvalue weighted by Gasteiger charge is 2.14. The molecule has 0 aliphatic carbocycles. The summed E-state index contributed by atoms with van der Waals surface area (Å²) in [7, 11) is 0.